The van der Waals surface area contributed by atoms with Gasteiger partial charge < -0.3 is 15.4 Å². The molecule has 7 heteroatoms. The molecule has 2 unspecified atom stereocenters. The van der Waals surface area contributed by atoms with Crippen LogP contribution in [0.2, 0.25) is 0 Å². The Morgan fingerprint density at radius 3 is 2.46 bits per heavy atom. The molecule has 5 rings (SSSR count). The van der Waals surface area contributed by atoms with Crippen molar-refractivity contribution in [3.8, 4) is 10.9 Å². The molecule has 28 heavy (non-hydrogen) atoms. The third-order valence-electron chi connectivity index (χ3n) is 5.68. The van der Waals surface area contributed by atoms with Crippen LogP contribution in [0.5, 0.6) is 10.9 Å². The van der Waals surface area contributed by atoms with Gasteiger partial charge in [-0.15, -0.1) is 0 Å². The number of nitrogens with two attached hydrogens (primary N) is 1. The fraction of sp³-hybridized carbons (Fsp3) is 0.333. The monoisotopic (exact) mass is 394 g/mol. The lowest BCUT2D eigenvalue weighted by Gasteiger charge is -2.20. The number of benzene rings is 2. The summed E-state index contributed by atoms with van der Waals surface area (Å²) < 4.78 is 7.06. The molecule has 2 aliphatic heterocycles. The van der Waals surface area contributed by atoms with Crippen molar-refractivity contribution in [1.82, 2.24) is 14.8 Å². The van der Waals surface area contributed by atoms with Gasteiger partial charge >= 0.3 is 6.03 Å². The third-order valence-corrected chi connectivity index (χ3v) is 6.60. The van der Waals surface area contributed by atoms with Crippen LogP contribution in [0.4, 0.5) is 4.79 Å². The Balaban J connectivity index is 1.19. The first-order valence-corrected chi connectivity index (χ1v) is 10.3. The van der Waals surface area contributed by atoms with Crippen molar-refractivity contribution in [2.45, 2.75) is 6.54 Å². The first-order valence-electron chi connectivity index (χ1n) is 9.53. The number of urea groups is 1. The fourth-order valence-corrected chi connectivity index (χ4v) is 5.15. The number of para-hydroxylation sites is 1. The van der Waals surface area contributed by atoms with Crippen molar-refractivity contribution >= 4 is 27.6 Å². The van der Waals surface area contributed by atoms with Crippen LogP contribution in [0.15, 0.2) is 48.5 Å². The van der Waals surface area contributed by atoms with E-state index in [4.69, 9.17) is 10.5 Å². The van der Waals surface area contributed by atoms with Crippen molar-refractivity contribution in [1.29, 1.82) is 0 Å². The fourth-order valence-electron chi connectivity index (χ4n) is 4.32. The van der Waals surface area contributed by atoms with Gasteiger partial charge in [-0.2, -0.15) is 0 Å². The highest BCUT2D eigenvalue weighted by molar-refractivity contribution is 7.20. The Hall–Kier alpha value is -2.64. The summed E-state index contributed by atoms with van der Waals surface area (Å²) in [5, 5.41) is 0.667. The number of rotatable bonds is 4. The number of hydrogen-bond acceptors (Lipinski definition) is 5. The van der Waals surface area contributed by atoms with Crippen LogP contribution in [0.1, 0.15) is 5.56 Å². The summed E-state index contributed by atoms with van der Waals surface area (Å²) in [5.74, 6) is 1.90. The van der Waals surface area contributed by atoms with E-state index in [1.54, 1.807) is 16.2 Å². The summed E-state index contributed by atoms with van der Waals surface area (Å²) in [6, 6.07) is 16.0. The summed E-state index contributed by atoms with van der Waals surface area (Å²) >= 11 is 1.56. The second kappa shape index (κ2) is 7.07. The Kier molecular flexibility index (Phi) is 4.41. The van der Waals surface area contributed by atoms with Crippen molar-refractivity contribution < 1.29 is 9.53 Å². The molecule has 2 amide bonds. The van der Waals surface area contributed by atoms with Crippen LogP contribution in [-0.4, -0.2) is 47.0 Å². The van der Waals surface area contributed by atoms with E-state index < -0.39 is 0 Å². The zero-order valence-corrected chi connectivity index (χ0v) is 16.3. The van der Waals surface area contributed by atoms with Gasteiger partial charge in [0, 0.05) is 32.7 Å². The third kappa shape index (κ3) is 3.43. The largest absolute Gasteiger partial charge is 0.431 e. The first kappa shape index (κ1) is 17.5. The zero-order chi connectivity index (χ0) is 19.1. The molecule has 144 valence electrons. The molecule has 3 heterocycles. The van der Waals surface area contributed by atoms with Crippen molar-refractivity contribution in [2.75, 3.05) is 26.2 Å². The molecule has 0 aliphatic carbocycles. The number of hydrogen-bond donors (Lipinski definition) is 1. The maximum Gasteiger partial charge on any atom is 0.314 e. The average molecular weight is 395 g/mol. The van der Waals surface area contributed by atoms with Gasteiger partial charge in [0.1, 0.15) is 5.75 Å². The molecule has 2 fully saturated rings. The highest BCUT2D eigenvalue weighted by atomic mass is 32.1. The number of fused-ring (bicyclic) bond motifs is 2. The van der Waals surface area contributed by atoms with E-state index in [0.717, 1.165) is 48.7 Å². The molecule has 2 aromatic carbocycles. The molecular weight excluding hydrogens is 372 g/mol. The van der Waals surface area contributed by atoms with Crippen LogP contribution in [-0.2, 0) is 6.54 Å². The zero-order valence-electron chi connectivity index (χ0n) is 15.5. The highest BCUT2D eigenvalue weighted by Crippen LogP contribution is 2.33. The maximum absolute atomic E-state index is 11.3. The molecule has 1 aromatic heterocycles. The number of primary amides is 1. The van der Waals surface area contributed by atoms with Crippen LogP contribution in [0.3, 0.4) is 0 Å². The molecule has 2 aliphatic rings. The summed E-state index contributed by atoms with van der Waals surface area (Å²) in [7, 11) is 0. The Morgan fingerprint density at radius 1 is 1.07 bits per heavy atom. The van der Waals surface area contributed by atoms with Gasteiger partial charge in [0.05, 0.1) is 10.2 Å². The number of carbonyl (C=O) groups is 1. The van der Waals surface area contributed by atoms with Gasteiger partial charge in [-0.1, -0.05) is 35.6 Å². The van der Waals surface area contributed by atoms with Gasteiger partial charge in [0.2, 0.25) is 0 Å². The normalized spacial score (nSPS) is 21.9. The summed E-state index contributed by atoms with van der Waals surface area (Å²) in [6.45, 7) is 4.57. The number of likely N-dealkylation sites (tertiary alicyclic amines) is 2. The highest BCUT2D eigenvalue weighted by Gasteiger charge is 2.40. The molecule has 0 bridgehead atoms. The average Bonchev–Trinajstić information content (AvgIpc) is 3.35. The second-order valence-corrected chi connectivity index (χ2v) is 8.64. The number of amides is 2. The molecular formula is C21H22N4O2S. The van der Waals surface area contributed by atoms with Gasteiger partial charge in [0.25, 0.3) is 5.19 Å². The number of aromatic nitrogens is 1. The standard InChI is InChI=1S/C21H22N4O2S/c22-20(26)25-12-15-10-24(11-16(15)13-25)9-14-5-7-17(8-6-14)27-21-23-18-3-1-2-4-19(18)28-21/h1-8,15-16H,9-13H2,(H2,22,26). The second-order valence-electron chi connectivity index (χ2n) is 7.65. The smallest absolute Gasteiger partial charge is 0.314 e. The van der Waals surface area contributed by atoms with E-state index in [9.17, 15) is 4.79 Å². The van der Waals surface area contributed by atoms with Crippen molar-refractivity contribution in [3.05, 3.63) is 54.1 Å². The molecule has 2 N–H and O–H groups in total. The molecule has 2 saturated heterocycles. The van der Waals surface area contributed by atoms with Crippen LogP contribution >= 0.6 is 11.3 Å². The summed E-state index contributed by atoms with van der Waals surface area (Å²) in [6.07, 6.45) is 0. The Labute approximate surface area is 167 Å². The minimum atomic E-state index is -0.287. The number of carbonyl (C=O) groups excluding carboxylic acids is 1. The molecule has 0 radical (unpaired) electrons. The summed E-state index contributed by atoms with van der Waals surface area (Å²) in [5.41, 5.74) is 7.64. The molecule has 6 nitrogen and oxygen atoms in total. The van der Waals surface area contributed by atoms with E-state index >= 15 is 0 Å². The molecule has 0 spiro atoms. The first-order chi connectivity index (χ1) is 13.6. The predicted molar refractivity (Wildman–Crippen MR) is 110 cm³/mol. The van der Waals surface area contributed by atoms with E-state index in [-0.39, 0.29) is 6.03 Å². The van der Waals surface area contributed by atoms with Crippen molar-refractivity contribution in [3.63, 3.8) is 0 Å². The summed E-state index contributed by atoms with van der Waals surface area (Å²) in [4.78, 5) is 20.1. The molecule has 2 atom stereocenters. The Bertz CT molecular complexity index is 956. The van der Waals surface area contributed by atoms with Crippen LogP contribution in [0, 0.1) is 11.8 Å². The maximum atomic E-state index is 11.3. The van der Waals surface area contributed by atoms with E-state index in [0.29, 0.717) is 17.0 Å². The minimum Gasteiger partial charge on any atom is -0.431 e. The van der Waals surface area contributed by atoms with Gasteiger partial charge in [0.15, 0.2) is 0 Å². The predicted octanol–water partition coefficient (Wildman–Crippen LogP) is 3.53. The minimum absolute atomic E-state index is 0.287. The lowest BCUT2D eigenvalue weighted by atomic mass is 10.0. The van der Waals surface area contributed by atoms with Crippen molar-refractivity contribution in [2.24, 2.45) is 17.6 Å². The molecule has 0 saturated carbocycles. The van der Waals surface area contributed by atoms with Gasteiger partial charge in [-0.25, -0.2) is 9.78 Å². The number of nitrogens with zero attached hydrogens (tertiary/aromatic N) is 3. The lowest BCUT2D eigenvalue weighted by molar-refractivity contribution is 0.208. The quantitative estimate of drug-likeness (QED) is 0.735. The molecule has 3 aromatic rings. The van der Waals surface area contributed by atoms with E-state index in [2.05, 4.69) is 28.1 Å². The van der Waals surface area contributed by atoms with Gasteiger partial charge in [-0.3, -0.25) is 4.90 Å². The lowest BCUT2D eigenvalue weighted by Crippen LogP contribution is -2.36. The van der Waals surface area contributed by atoms with E-state index in [1.165, 1.54) is 5.56 Å². The van der Waals surface area contributed by atoms with Gasteiger partial charge in [-0.05, 0) is 41.7 Å². The van der Waals surface area contributed by atoms with Crippen LogP contribution < -0.4 is 10.5 Å². The van der Waals surface area contributed by atoms with E-state index in [1.807, 2.05) is 30.3 Å². The topological polar surface area (TPSA) is 71.7 Å². The SMILES string of the molecule is NC(=O)N1CC2CN(Cc3ccc(Oc4nc5ccccc5s4)cc3)CC2C1. The van der Waals surface area contributed by atoms with Crippen LogP contribution in [0.25, 0.3) is 10.2 Å². The Morgan fingerprint density at radius 2 is 1.79 bits per heavy atom. The number of thiazole rings is 1. The number of ether oxygens (including phenoxy) is 1.